The quantitative estimate of drug-likeness (QED) is 0.863. The summed E-state index contributed by atoms with van der Waals surface area (Å²) in [6, 6.07) is 4.83. The fraction of sp³-hybridized carbons (Fsp3) is 0.471. The maximum absolute atomic E-state index is 12.5. The highest BCUT2D eigenvalue weighted by atomic mass is 16.5. The van der Waals surface area contributed by atoms with Crippen LogP contribution in [0.15, 0.2) is 18.2 Å². The molecule has 0 radical (unpaired) electrons. The van der Waals surface area contributed by atoms with Crippen molar-refractivity contribution >= 4 is 23.4 Å². The van der Waals surface area contributed by atoms with Gasteiger partial charge in [0.1, 0.15) is 0 Å². The minimum atomic E-state index is -0.318. The molecule has 1 aromatic carbocycles. The van der Waals surface area contributed by atoms with Gasteiger partial charge >= 0.3 is 0 Å². The topological polar surface area (TPSA) is 75.7 Å². The molecule has 1 atom stereocenters. The smallest absolute Gasteiger partial charge is 0.261 e. The first-order chi connectivity index (χ1) is 11.0. The van der Waals surface area contributed by atoms with E-state index in [0.29, 0.717) is 30.0 Å². The van der Waals surface area contributed by atoms with Crippen molar-refractivity contribution in [2.75, 3.05) is 18.5 Å². The lowest BCUT2D eigenvalue weighted by atomic mass is 10.1. The Morgan fingerprint density at radius 3 is 2.70 bits per heavy atom. The maximum atomic E-state index is 12.5. The average molecular weight is 316 g/mol. The molecule has 1 aromatic rings. The second-order valence-corrected chi connectivity index (χ2v) is 6.26. The highest BCUT2D eigenvalue weighted by Gasteiger charge is 2.37. The lowest BCUT2D eigenvalue weighted by molar-refractivity contribution is -0.118. The fourth-order valence-electron chi connectivity index (χ4n) is 2.81. The summed E-state index contributed by atoms with van der Waals surface area (Å²) in [6.45, 7) is 4.56. The number of nitrogens with one attached hydrogen (secondary N) is 1. The van der Waals surface area contributed by atoms with Gasteiger partial charge in [0, 0.05) is 18.2 Å². The van der Waals surface area contributed by atoms with Crippen LogP contribution in [0.2, 0.25) is 0 Å². The average Bonchev–Trinajstić information content (AvgIpc) is 3.11. The van der Waals surface area contributed by atoms with E-state index in [0.717, 1.165) is 12.8 Å². The normalized spacial score (nSPS) is 20.3. The first-order valence-corrected chi connectivity index (χ1v) is 7.90. The van der Waals surface area contributed by atoms with Crippen molar-refractivity contribution in [2.24, 2.45) is 5.92 Å². The summed E-state index contributed by atoms with van der Waals surface area (Å²) in [4.78, 5) is 37.9. The number of benzene rings is 1. The highest BCUT2D eigenvalue weighted by molar-refractivity contribution is 6.21. The Kier molecular flexibility index (Phi) is 4.17. The molecule has 0 aliphatic carbocycles. The number of hydrogen-bond acceptors (Lipinski definition) is 4. The number of carbonyl (C=O) groups is 3. The number of carbonyl (C=O) groups excluding carboxylic acids is 3. The molecule has 0 spiro atoms. The number of imide groups is 1. The number of anilines is 1. The molecule has 1 N–H and O–H groups in total. The second-order valence-electron chi connectivity index (χ2n) is 6.26. The molecule has 0 bridgehead atoms. The summed E-state index contributed by atoms with van der Waals surface area (Å²) >= 11 is 0. The first kappa shape index (κ1) is 15.7. The van der Waals surface area contributed by atoms with Gasteiger partial charge in [-0.25, -0.2) is 0 Å². The first-order valence-electron chi connectivity index (χ1n) is 7.90. The summed E-state index contributed by atoms with van der Waals surface area (Å²) < 4.78 is 5.51. The van der Waals surface area contributed by atoms with Gasteiger partial charge in [-0.1, -0.05) is 13.8 Å². The molecule has 0 unspecified atom stereocenters. The van der Waals surface area contributed by atoms with Crippen molar-refractivity contribution < 1.29 is 19.1 Å². The third kappa shape index (κ3) is 2.99. The third-order valence-electron chi connectivity index (χ3n) is 4.17. The summed E-state index contributed by atoms with van der Waals surface area (Å²) in [5, 5.41) is 2.75. The standard InChI is InChI=1S/C17H20N2O4/c1-10(2)15(20)18-11-5-6-13-14(8-11)17(22)19(16(13)21)9-12-4-3-7-23-12/h5-6,8,10,12H,3-4,7,9H2,1-2H3,(H,18,20)/t12-/m0/s1. The molecule has 0 saturated carbocycles. The van der Waals surface area contributed by atoms with Gasteiger partial charge in [-0.2, -0.15) is 0 Å². The predicted molar refractivity (Wildman–Crippen MR) is 84.3 cm³/mol. The molecule has 1 fully saturated rings. The molecule has 23 heavy (non-hydrogen) atoms. The fourth-order valence-corrected chi connectivity index (χ4v) is 2.81. The lowest BCUT2D eigenvalue weighted by Gasteiger charge is -2.17. The Morgan fingerprint density at radius 2 is 2.04 bits per heavy atom. The van der Waals surface area contributed by atoms with Crippen molar-refractivity contribution in [2.45, 2.75) is 32.8 Å². The number of rotatable bonds is 4. The Hall–Kier alpha value is -2.21. The minimum absolute atomic E-state index is 0.0719. The van der Waals surface area contributed by atoms with Gasteiger partial charge in [-0.05, 0) is 31.0 Å². The molecule has 6 heteroatoms. The zero-order chi connectivity index (χ0) is 16.6. The molecule has 2 aliphatic rings. The Bertz CT molecular complexity index is 663. The monoisotopic (exact) mass is 316 g/mol. The summed E-state index contributed by atoms with van der Waals surface area (Å²) in [5.74, 6) is -0.891. The SMILES string of the molecule is CC(C)C(=O)Nc1ccc2c(c1)C(=O)N(C[C@@H]1CCCO1)C2=O. The molecule has 0 aromatic heterocycles. The van der Waals surface area contributed by atoms with E-state index in [1.165, 1.54) is 4.90 Å². The van der Waals surface area contributed by atoms with E-state index in [1.807, 2.05) is 0 Å². The van der Waals surface area contributed by atoms with Gasteiger partial charge in [0.15, 0.2) is 0 Å². The van der Waals surface area contributed by atoms with Gasteiger partial charge in [0.25, 0.3) is 11.8 Å². The molecular formula is C17H20N2O4. The molecule has 3 rings (SSSR count). The van der Waals surface area contributed by atoms with Gasteiger partial charge in [0.05, 0.1) is 23.8 Å². The minimum Gasteiger partial charge on any atom is -0.376 e. The molecule has 122 valence electrons. The van der Waals surface area contributed by atoms with Crippen LogP contribution in [0.1, 0.15) is 47.4 Å². The van der Waals surface area contributed by atoms with Crippen molar-refractivity contribution in [3.63, 3.8) is 0 Å². The molecule has 3 amide bonds. The number of hydrogen-bond donors (Lipinski definition) is 1. The van der Waals surface area contributed by atoms with Crippen LogP contribution in [-0.2, 0) is 9.53 Å². The third-order valence-corrected chi connectivity index (χ3v) is 4.17. The van der Waals surface area contributed by atoms with Crippen molar-refractivity contribution in [1.29, 1.82) is 0 Å². The van der Waals surface area contributed by atoms with Crippen LogP contribution in [0.5, 0.6) is 0 Å². The number of ether oxygens (including phenoxy) is 1. The van der Waals surface area contributed by atoms with Crippen molar-refractivity contribution in [3.8, 4) is 0 Å². The molecule has 6 nitrogen and oxygen atoms in total. The van der Waals surface area contributed by atoms with Gasteiger partial charge < -0.3 is 10.1 Å². The van der Waals surface area contributed by atoms with Crippen LogP contribution in [0.3, 0.4) is 0 Å². The van der Waals surface area contributed by atoms with Crippen LogP contribution in [-0.4, -0.2) is 41.9 Å². The number of fused-ring (bicyclic) bond motifs is 1. The van der Waals surface area contributed by atoms with E-state index in [1.54, 1.807) is 32.0 Å². The lowest BCUT2D eigenvalue weighted by Crippen LogP contribution is -2.36. The Balaban J connectivity index is 1.79. The molecule has 2 heterocycles. The molecule has 2 aliphatic heterocycles. The summed E-state index contributed by atoms with van der Waals surface area (Å²) in [5.41, 5.74) is 1.26. The molecular weight excluding hydrogens is 296 g/mol. The largest absolute Gasteiger partial charge is 0.376 e. The number of amides is 3. The van der Waals surface area contributed by atoms with Crippen molar-refractivity contribution in [3.05, 3.63) is 29.3 Å². The second kappa shape index (κ2) is 6.12. The van der Waals surface area contributed by atoms with Crippen LogP contribution < -0.4 is 5.32 Å². The van der Waals surface area contributed by atoms with Crippen molar-refractivity contribution in [1.82, 2.24) is 4.90 Å². The van der Waals surface area contributed by atoms with Crippen LogP contribution in [0.4, 0.5) is 5.69 Å². The van der Waals surface area contributed by atoms with E-state index >= 15 is 0 Å². The van der Waals surface area contributed by atoms with E-state index in [-0.39, 0.29) is 29.7 Å². The summed E-state index contributed by atoms with van der Waals surface area (Å²) in [6.07, 6.45) is 1.75. The van der Waals surface area contributed by atoms with Gasteiger partial charge in [0.2, 0.25) is 5.91 Å². The predicted octanol–water partition coefficient (Wildman–Crippen LogP) is 2.06. The van der Waals surface area contributed by atoms with Crippen LogP contribution >= 0.6 is 0 Å². The van der Waals surface area contributed by atoms with Crippen LogP contribution in [0.25, 0.3) is 0 Å². The van der Waals surface area contributed by atoms with E-state index < -0.39 is 0 Å². The molecule has 1 saturated heterocycles. The Morgan fingerprint density at radius 1 is 1.30 bits per heavy atom. The Labute approximate surface area is 134 Å². The van der Waals surface area contributed by atoms with Gasteiger partial charge in [-0.3, -0.25) is 19.3 Å². The zero-order valence-electron chi connectivity index (χ0n) is 13.3. The van der Waals surface area contributed by atoms with Gasteiger partial charge in [-0.15, -0.1) is 0 Å². The zero-order valence-corrected chi connectivity index (χ0v) is 13.3. The maximum Gasteiger partial charge on any atom is 0.261 e. The highest BCUT2D eigenvalue weighted by Crippen LogP contribution is 2.27. The van der Waals surface area contributed by atoms with Crippen LogP contribution in [0, 0.1) is 5.92 Å². The summed E-state index contributed by atoms with van der Waals surface area (Å²) in [7, 11) is 0. The van der Waals surface area contributed by atoms with E-state index in [9.17, 15) is 14.4 Å². The van der Waals surface area contributed by atoms with E-state index in [4.69, 9.17) is 4.74 Å². The van der Waals surface area contributed by atoms with E-state index in [2.05, 4.69) is 5.32 Å². The number of nitrogens with zero attached hydrogens (tertiary/aromatic N) is 1.